The van der Waals surface area contributed by atoms with Gasteiger partial charge in [0.15, 0.2) is 6.61 Å². The molecule has 1 aliphatic rings. The second-order valence-electron chi connectivity index (χ2n) is 6.14. The molecule has 1 unspecified atom stereocenters. The third kappa shape index (κ3) is 4.28. The van der Waals surface area contributed by atoms with E-state index in [9.17, 15) is 4.79 Å². The minimum atomic E-state index is -0.136. The number of nitrogen functional groups attached to an aromatic ring is 1. The SMILES string of the molecule is CC(C)CCCC(C)Nc1cc2c(cc1N)OCC(=O)N2. The van der Waals surface area contributed by atoms with Crippen molar-refractivity contribution < 1.29 is 9.53 Å². The average molecular weight is 291 g/mol. The lowest BCUT2D eigenvalue weighted by molar-refractivity contribution is -0.118. The maximum absolute atomic E-state index is 11.4. The van der Waals surface area contributed by atoms with E-state index in [-0.39, 0.29) is 12.5 Å². The molecule has 0 fully saturated rings. The van der Waals surface area contributed by atoms with E-state index in [0.717, 1.165) is 18.0 Å². The molecule has 116 valence electrons. The van der Waals surface area contributed by atoms with E-state index < -0.39 is 0 Å². The molecule has 1 aromatic carbocycles. The fourth-order valence-electron chi connectivity index (χ4n) is 2.44. The normalized spacial score (nSPS) is 15.1. The lowest BCUT2D eigenvalue weighted by Gasteiger charge is -2.22. The zero-order chi connectivity index (χ0) is 15.4. The standard InChI is InChI=1S/C16H25N3O2/c1-10(2)5-4-6-11(3)18-13-8-14-15(7-12(13)17)21-9-16(20)19-14/h7-8,10-11,18H,4-6,9,17H2,1-3H3,(H,19,20). The van der Waals surface area contributed by atoms with Crippen molar-refractivity contribution in [3.63, 3.8) is 0 Å². The zero-order valence-corrected chi connectivity index (χ0v) is 13.0. The van der Waals surface area contributed by atoms with Gasteiger partial charge in [-0.1, -0.05) is 26.7 Å². The lowest BCUT2D eigenvalue weighted by Crippen LogP contribution is -2.26. The van der Waals surface area contributed by atoms with Gasteiger partial charge in [0.05, 0.1) is 17.1 Å². The molecule has 0 spiro atoms. The largest absolute Gasteiger partial charge is 0.482 e. The number of carbonyl (C=O) groups is 1. The van der Waals surface area contributed by atoms with Gasteiger partial charge in [-0.2, -0.15) is 0 Å². The van der Waals surface area contributed by atoms with Crippen LogP contribution >= 0.6 is 0 Å². The number of carbonyl (C=O) groups excluding carboxylic acids is 1. The summed E-state index contributed by atoms with van der Waals surface area (Å²) in [5, 5.41) is 6.22. The van der Waals surface area contributed by atoms with Gasteiger partial charge in [-0.25, -0.2) is 0 Å². The molecule has 0 aromatic heterocycles. The molecule has 5 nitrogen and oxygen atoms in total. The van der Waals surface area contributed by atoms with Crippen LogP contribution in [-0.2, 0) is 4.79 Å². The Kier molecular flexibility index (Phi) is 4.94. The summed E-state index contributed by atoms with van der Waals surface area (Å²) in [4.78, 5) is 11.4. The number of nitrogens with two attached hydrogens (primary N) is 1. The van der Waals surface area contributed by atoms with Crippen molar-refractivity contribution in [1.29, 1.82) is 0 Å². The number of nitrogens with one attached hydrogen (secondary N) is 2. The van der Waals surface area contributed by atoms with E-state index in [1.807, 2.05) is 6.07 Å². The maximum Gasteiger partial charge on any atom is 0.262 e. The fraction of sp³-hybridized carbons (Fsp3) is 0.562. The minimum absolute atomic E-state index is 0.0464. The molecular weight excluding hydrogens is 266 g/mol. The number of hydrogen-bond donors (Lipinski definition) is 3. The quantitative estimate of drug-likeness (QED) is 0.703. The number of hydrogen-bond acceptors (Lipinski definition) is 4. The Morgan fingerprint density at radius 2 is 2.10 bits per heavy atom. The third-order valence-electron chi connectivity index (χ3n) is 3.61. The van der Waals surface area contributed by atoms with Gasteiger partial charge >= 0.3 is 0 Å². The van der Waals surface area contributed by atoms with Gasteiger partial charge in [-0.05, 0) is 25.3 Å². The molecule has 1 amide bonds. The van der Waals surface area contributed by atoms with Crippen LogP contribution in [0.3, 0.4) is 0 Å². The first-order valence-corrected chi connectivity index (χ1v) is 7.58. The summed E-state index contributed by atoms with van der Waals surface area (Å²) in [6.07, 6.45) is 3.52. The molecule has 1 atom stereocenters. The Balaban J connectivity index is 1.99. The van der Waals surface area contributed by atoms with Crippen LogP contribution in [0.2, 0.25) is 0 Å². The number of rotatable bonds is 6. The van der Waals surface area contributed by atoms with Crippen LogP contribution in [0, 0.1) is 5.92 Å². The first-order chi connectivity index (χ1) is 9.95. The summed E-state index contributed by atoms with van der Waals surface area (Å²) in [6, 6.07) is 3.95. The molecule has 21 heavy (non-hydrogen) atoms. The van der Waals surface area contributed by atoms with E-state index in [2.05, 4.69) is 31.4 Å². The van der Waals surface area contributed by atoms with E-state index in [0.29, 0.717) is 23.2 Å². The molecule has 2 rings (SSSR count). The van der Waals surface area contributed by atoms with Crippen molar-refractivity contribution in [3.05, 3.63) is 12.1 Å². The van der Waals surface area contributed by atoms with Crippen molar-refractivity contribution in [2.75, 3.05) is 23.0 Å². The van der Waals surface area contributed by atoms with E-state index in [1.165, 1.54) is 12.8 Å². The summed E-state index contributed by atoms with van der Waals surface area (Å²) in [6.45, 7) is 6.67. The predicted octanol–water partition coefficient (Wildman–Crippen LogP) is 3.23. The highest BCUT2D eigenvalue weighted by Gasteiger charge is 2.18. The molecular formula is C16H25N3O2. The van der Waals surface area contributed by atoms with Crippen LogP contribution in [0.25, 0.3) is 0 Å². The summed E-state index contributed by atoms with van der Waals surface area (Å²) < 4.78 is 5.35. The summed E-state index contributed by atoms with van der Waals surface area (Å²) in [5.74, 6) is 1.23. The second-order valence-corrected chi connectivity index (χ2v) is 6.14. The van der Waals surface area contributed by atoms with Gasteiger partial charge < -0.3 is 21.1 Å². The minimum Gasteiger partial charge on any atom is -0.482 e. The van der Waals surface area contributed by atoms with Gasteiger partial charge in [-0.15, -0.1) is 0 Å². The van der Waals surface area contributed by atoms with Gasteiger partial charge in [0.25, 0.3) is 5.91 Å². The Hall–Kier alpha value is -1.91. The van der Waals surface area contributed by atoms with Crippen LogP contribution in [0.4, 0.5) is 17.1 Å². The Labute approximate surface area is 126 Å². The molecule has 4 N–H and O–H groups in total. The molecule has 1 heterocycles. The summed E-state index contributed by atoms with van der Waals surface area (Å²) in [5.41, 5.74) is 8.21. The van der Waals surface area contributed by atoms with Crippen LogP contribution < -0.4 is 21.1 Å². The van der Waals surface area contributed by atoms with Crippen molar-refractivity contribution in [2.24, 2.45) is 5.92 Å². The highest BCUT2D eigenvalue weighted by atomic mass is 16.5. The molecule has 5 heteroatoms. The van der Waals surface area contributed by atoms with Gasteiger partial charge in [0.1, 0.15) is 5.75 Å². The van der Waals surface area contributed by atoms with E-state index in [1.54, 1.807) is 6.07 Å². The van der Waals surface area contributed by atoms with Gasteiger partial charge in [0.2, 0.25) is 0 Å². The monoisotopic (exact) mass is 291 g/mol. The van der Waals surface area contributed by atoms with Gasteiger partial charge in [0, 0.05) is 12.1 Å². The van der Waals surface area contributed by atoms with Gasteiger partial charge in [-0.3, -0.25) is 4.79 Å². The van der Waals surface area contributed by atoms with Crippen molar-refractivity contribution >= 4 is 23.0 Å². The molecule has 1 aromatic rings. The molecule has 0 saturated carbocycles. The number of amides is 1. The predicted molar refractivity (Wildman–Crippen MR) is 86.8 cm³/mol. The van der Waals surface area contributed by atoms with Crippen LogP contribution in [0.15, 0.2) is 12.1 Å². The Bertz CT molecular complexity index is 514. The molecule has 1 aliphatic heterocycles. The van der Waals surface area contributed by atoms with E-state index >= 15 is 0 Å². The van der Waals surface area contributed by atoms with Crippen molar-refractivity contribution in [3.8, 4) is 5.75 Å². The summed E-state index contributed by atoms with van der Waals surface area (Å²) >= 11 is 0. The lowest BCUT2D eigenvalue weighted by atomic mass is 10.0. The molecule has 0 aliphatic carbocycles. The highest BCUT2D eigenvalue weighted by molar-refractivity contribution is 5.97. The van der Waals surface area contributed by atoms with Crippen LogP contribution in [0.1, 0.15) is 40.0 Å². The highest BCUT2D eigenvalue weighted by Crippen LogP contribution is 2.35. The average Bonchev–Trinajstić information content (AvgIpc) is 2.39. The number of fused-ring (bicyclic) bond motifs is 1. The molecule has 0 saturated heterocycles. The topological polar surface area (TPSA) is 76.4 Å². The fourth-order valence-corrected chi connectivity index (χ4v) is 2.44. The maximum atomic E-state index is 11.4. The first kappa shape index (κ1) is 15.5. The van der Waals surface area contributed by atoms with E-state index in [4.69, 9.17) is 10.5 Å². The summed E-state index contributed by atoms with van der Waals surface area (Å²) in [7, 11) is 0. The molecule has 0 radical (unpaired) electrons. The number of anilines is 3. The zero-order valence-electron chi connectivity index (χ0n) is 13.0. The Morgan fingerprint density at radius 1 is 1.33 bits per heavy atom. The number of ether oxygens (including phenoxy) is 1. The number of benzene rings is 1. The molecule has 0 bridgehead atoms. The smallest absolute Gasteiger partial charge is 0.262 e. The van der Waals surface area contributed by atoms with Crippen LogP contribution in [-0.4, -0.2) is 18.6 Å². The Morgan fingerprint density at radius 3 is 2.81 bits per heavy atom. The van der Waals surface area contributed by atoms with Crippen molar-refractivity contribution in [2.45, 2.75) is 46.1 Å². The van der Waals surface area contributed by atoms with Crippen LogP contribution in [0.5, 0.6) is 5.75 Å². The van der Waals surface area contributed by atoms with Crippen molar-refractivity contribution in [1.82, 2.24) is 0 Å². The third-order valence-corrected chi connectivity index (χ3v) is 3.61. The second kappa shape index (κ2) is 6.70. The first-order valence-electron chi connectivity index (χ1n) is 7.58.